The molecule has 2 rings (SSSR count). The molecule has 0 aliphatic carbocycles. The van der Waals surface area contributed by atoms with Crippen LogP contribution in [0.25, 0.3) is 0 Å². The summed E-state index contributed by atoms with van der Waals surface area (Å²) in [5.74, 6) is 1.70. The molecule has 23 heavy (non-hydrogen) atoms. The third kappa shape index (κ3) is 3.92. The summed E-state index contributed by atoms with van der Waals surface area (Å²) >= 11 is 0. The number of amides is 1. The minimum atomic E-state index is -0.287. The lowest BCUT2D eigenvalue weighted by Crippen LogP contribution is -2.29. The molecule has 1 aromatic rings. The highest BCUT2D eigenvalue weighted by molar-refractivity contribution is 6.10. The topological polar surface area (TPSA) is 59.9 Å². The van der Waals surface area contributed by atoms with Gasteiger partial charge in [-0.15, -0.1) is 0 Å². The molecule has 1 aliphatic heterocycles. The highest BCUT2D eigenvalue weighted by Gasteiger charge is 2.33. The molecule has 0 saturated heterocycles. The molecule has 0 aromatic heterocycles. The molecule has 0 radical (unpaired) electrons. The van der Waals surface area contributed by atoms with E-state index in [1.807, 2.05) is 33.8 Å². The normalized spacial score (nSPS) is 16.1. The number of nitrogens with one attached hydrogen (secondary N) is 1. The second-order valence-electron chi connectivity index (χ2n) is 5.99. The monoisotopic (exact) mass is 316 g/mol. The van der Waals surface area contributed by atoms with E-state index in [2.05, 4.69) is 10.3 Å². The molecule has 1 aromatic carbocycles. The molecular weight excluding hydrogens is 292 g/mol. The van der Waals surface area contributed by atoms with E-state index in [-0.39, 0.29) is 11.5 Å². The van der Waals surface area contributed by atoms with E-state index in [1.165, 1.54) is 0 Å². The Balaban J connectivity index is 2.34. The number of aliphatic imine (C=N–C) groups is 1. The number of nitrogens with zero attached hydrogens (tertiary/aromatic N) is 1. The molecule has 1 heterocycles. The molecule has 0 saturated carbocycles. The summed E-state index contributed by atoms with van der Waals surface area (Å²) in [7, 11) is 1.63. The first-order valence-corrected chi connectivity index (χ1v) is 7.79. The fourth-order valence-corrected chi connectivity index (χ4v) is 2.58. The van der Waals surface area contributed by atoms with Crippen LogP contribution in [0.5, 0.6) is 11.5 Å². The van der Waals surface area contributed by atoms with Crippen LogP contribution in [0.2, 0.25) is 0 Å². The second-order valence-corrected chi connectivity index (χ2v) is 5.99. The van der Waals surface area contributed by atoms with Crippen LogP contribution in [0.15, 0.2) is 29.3 Å². The van der Waals surface area contributed by atoms with Crippen LogP contribution in [0.1, 0.15) is 43.6 Å². The Morgan fingerprint density at radius 1 is 1.48 bits per heavy atom. The van der Waals surface area contributed by atoms with Gasteiger partial charge in [0, 0.05) is 24.6 Å². The third-order valence-corrected chi connectivity index (χ3v) is 3.53. The van der Waals surface area contributed by atoms with Gasteiger partial charge in [0.1, 0.15) is 22.9 Å². The van der Waals surface area contributed by atoms with E-state index in [4.69, 9.17) is 9.47 Å². The van der Waals surface area contributed by atoms with Crippen molar-refractivity contribution in [2.45, 2.75) is 39.7 Å². The average Bonchev–Trinajstić information content (AvgIpc) is 2.81. The van der Waals surface area contributed by atoms with Crippen molar-refractivity contribution in [2.24, 2.45) is 4.99 Å². The molecule has 0 atom stereocenters. The standard InChI is InChI=1S/C18H24N2O3/c1-6-8-16(19-5)20-17(21)12-9-14(22-7-2)13-11-18(3,4)23-15(13)10-12/h6,8-10H,7,11H2,1-5H3,(H,19,20,21)/b8-6-. The minimum absolute atomic E-state index is 0.235. The van der Waals surface area contributed by atoms with Crippen molar-refractivity contribution < 1.29 is 14.3 Å². The second kappa shape index (κ2) is 6.86. The van der Waals surface area contributed by atoms with E-state index in [0.717, 1.165) is 12.0 Å². The van der Waals surface area contributed by atoms with Crippen molar-refractivity contribution in [1.82, 2.24) is 5.32 Å². The van der Waals surface area contributed by atoms with Crippen LogP contribution < -0.4 is 14.8 Å². The van der Waals surface area contributed by atoms with Gasteiger partial charge in [-0.05, 0) is 45.9 Å². The molecule has 0 fully saturated rings. The van der Waals surface area contributed by atoms with Crippen molar-refractivity contribution >= 4 is 11.7 Å². The maximum absolute atomic E-state index is 12.5. The van der Waals surface area contributed by atoms with Gasteiger partial charge in [-0.2, -0.15) is 0 Å². The molecular formula is C18H24N2O3. The zero-order chi connectivity index (χ0) is 17.0. The Bertz CT molecular complexity index is 660. The van der Waals surface area contributed by atoms with Gasteiger partial charge < -0.3 is 14.8 Å². The molecule has 5 nitrogen and oxygen atoms in total. The molecule has 0 spiro atoms. The Morgan fingerprint density at radius 2 is 2.22 bits per heavy atom. The zero-order valence-corrected chi connectivity index (χ0v) is 14.4. The van der Waals surface area contributed by atoms with Crippen LogP contribution in [-0.2, 0) is 6.42 Å². The number of hydrogen-bond acceptors (Lipinski definition) is 4. The van der Waals surface area contributed by atoms with Crippen LogP contribution in [0.3, 0.4) is 0 Å². The van der Waals surface area contributed by atoms with Crippen molar-refractivity contribution in [1.29, 1.82) is 0 Å². The van der Waals surface area contributed by atoms with Gasteiger partial charge >= 0.3 is 0 Å². The van der Waals surface area contributed by atoms with E-state index in [0.29, 0.717) is 29.5 Å². The number of amidine groups is 1. The van der Waals surface area contributed by atoms with E-state index in [1.54, 1.807) is 25.3 Å². The average molecular weight is 316 g/mol. The number of rotatable bonds is 4. The SMILES string of the molecule is C/C=C\C(=N/C)NC(=O)c1cc(OCC)c2c(c1)OC(C)(C)C2. The van der Waals surface area contributed by atoms with Gasteiger partial charge in [-0.25, -0.2) is 0 Å². The Labute approximate surface area is 137 Å². The summed E-state index contributed by atoms with van der Waals surface area (Å²) in [6.07, 6.45) is 4.33. The Hall–Kier alpha value is -2.30. The highest BCUT2D eigenvalue weighted by Crippen LogP contribution is 2.41. The molecule has 1 aliphatic rings. The number of carbonyl (C=O) groups is 1. The lowest BCUT2D eigenvalue weighted by Gasteiger charge is -2.16. The number of allylic oxidation sites excluding steroid dienone is 1. The summed E-state index contributed by atoms with van der Waals surface area (Å²) < 4.78 is 11.7. The smallest absolute Gasteiger partial charge is 0.257 e. The molecule has 5 heteroatoms. The van der Waals surface area contributed by atoms with Crippen molar-refractivity contribution in [3.63, 3.8) is 0 Å². The van der Waals surface area contributed by atoms with E-state index in [9.17, 15) is 4.79 Å². The van der Waals surface area contributed by atoms with Gasteiger partial charge in [0.25, 0.3) is 5.91 Å². The summed E-state index contributed by atoms with van der Waals surface area (Å²) in [6, 6.07) is 3.54. The predicted octanol–water partition coefficient (Wildman–Crippen LogP) is 3.13. The van der Waals surface area contributed by atoms with Crippen molar-refractivity contribution in [2.75, 3.05) is 13.7 Å². The van der Waals surface area contributed by atoms with E-state index >= 15 is 0 Å². The first kappa shape index (κ1) is 17.1. The fraction of sp³-hybridized carbons (Fsp3) is 0.444. The molecule has 0 unspecified atom stereocenters. The van der Waals surface area contributed by atoms with Gasteiger partial charge in [0.15, 0.2) is 0 Å². The first-order valence-electron chi connectivity index (χ1n) is 7.79. The van der Waals surface area contributed by atoms with Gasteiger partial charge in [-0.3, -0.25) is 9.79 Å². The summed E-state index contributed by atoms with van der Waals surface area (Å²) in [5.41, 5.74) is 1.23. The number of carbonyl (C=O) groups excluding carboxylic acids is 1. The third-order valence-electron chi connectivity index (χ3n) is 3.53. The van der Waals surface area contributed by atoms with Gasteiger partial charge in [0.05, 0.1) is 6.61 Å². The van der Waals surface area contributed by atoms with Crippen molar-refractivity contribution in [3.8, 4) is 11.5 Å². The van der Waals surface area contributed by atoms with Gasteiger partial charge in [-0.1, -0.05) is 6.08 Å². The molecule has 0 bridgehead atoms. The van der Waals surface area contributed by atoms with Crippen molar-refractivity contribution in [3.05, 3.63) is 35.4 Å². The molecule has 1 N–H and O–H groups in total. The Kier molecular flexibility index (Phi) is 5.08. The maximum atomic E-state index is 12.5. The number of hydrogen-bond donors (Lipinski definition) is 1. The largest absolute Gasteiger partial charge is 0.493 e. The first-order chi connectivity index (χ1) is 10.9. The molecule has 124 valence electrons. The number of ether oxygens (including phenoxy) is 2. The van der Waals surface area contributed by atoms with Crippen LogP contribution in [-0.4, -0.2) is 31.0 Å². The Morgan fingerprint density at radius 3 is 2.83 bits per heavy atom. The van der Waals surface area contributed by atoms with Crippen LogP contribution in [0.4, 0.5) is 0 Å². The maximum Gasteiger partial charge on any atom is 0.257 e. The number of fused-ring (bicyclic) bond motifs is 1. The van der Waals surface area contributed by atoms with Crippen LogP contribution >= 0.6 is 0 Å². The lowest BCUT2D eigenvalue weighted by molar-refractivity contribution is 0.0975. The predicted molar refractivity (Wildman–Crippen MR) is 91.7 cm³/mol. The summed E-state index contributed by atoms with van der Waals surface area (Å²) in [6.45, 7) is 8.38. The summed E-state index contributed by atoms with van der Waals surface area (Å²) in [5, 5.41) is 2.78. The summed E-state index contributed by atoms with van der Waals surface area (Å²) in [4.78, 5) is 16.5. The number of benzene rings is 1. The lowest BCUT2D eigenvalue weighted by atomic mass is 9.99. The zero-order valence-electron chi connectivity index (χ0n) is 14.4. The fourth-order valence-electron chi connectivity index (χ4n) is 2.58. The molecule has 1 amide bonds. The highest BCUT2D eigenvalue weighted by atomic mass is 16.5. The minimum Gasteiger partial charge on any atom is -0.493 e. The van der Waals surface area contributed by atoms with E-state index < -0.39 is 0 Å². The van der Waals surface area contributed by atoms with Gasteiger partial charge in [0.2, 0.25) is 0 Å². The van der Waals surface area contributed by atoms with Crippen LogP contribution in [0, 0.1) is 0 Å². The quantitative estimate of drug-likeness (QED) is 0.686.